The first kappa shape index (κ1) is 26.2. The fraction of sp³-hybridized carbons (Fsp3) is 1.00. The molecule has 1 N–H and O–H groups in total. The van der Waals surface area contributed by atoms with Crippen LogP contribution in [-0.4, -0.2) is 11.2 Å². The van der Waals surface area contributed by atoms with Gasteiger partial charge in [-0.05, 0) is 85.4 Å². The molecule has 2 aliphatic carbocycles. The highest BCUT2D eigenvalue weighted by Crippen LogP contribution is 2.55. The first-order chi connectivity index (χ1) is 14.3. The van der Waals surface area contributed by atoms with Crippen molar-refractivity contribution in [2.45, 2.75) is 138 Å². The Labute approximate surface area is 190 Å². The number of hydrogen-bond donors (Lipinski definition) is 1. The summed E-state index contributed by atoms with van der Waals surface area (Å²) < 4.78 is 0. The van der Waals surface area contributed by atoms with E-state index in [4.69, 9.17) is 0 Å². The summed E-state index contributed by atoms with van der Waals surface area (Å²) in [5.41, 5.74) is 0.411. The molecule has 30 heavy (non-hydrogen) atoms. The molecule has 0 bridgehead atoms. The van der Waals surface area contributed by atoms with Crippen LogP contribution in [0.3, 0.4) is 0 Å². The summed E-state index contributed by atoms with van der Waals surface area (Å²) in [6.45, 7) is 17.2. The highest BCUT2D eigenvalue weighted by molar-refractivity contribution is 4.97. The molecule has 2 saturated carbocycles. The minimum Gasteiger partial charge on any atom is -0.393 e. The van der Waals surface area contributed by atoms with Crippen LogP contribution in [-0.2, 0) is 0 Å². The Morgan fingerprint density at radius 2 is 1.03 bits per heavy atom. The number of aliphatic hydroxyl groups excluding tert-OH is 1. The third kappa shape index (κ3) is 6.26. The third-order valence-electron chi connectivity index (χ3n) is 9.81. The summed E-state index contributed by atoms with van der Waals surface area (Å²) >= 11 is 0. The van der Waals surface area contributed by atoms with Gasteiger partial charge in [0.25, 0.3) is 0 Å². The molecule has 0 aliphatic heterocycles. The standard InChI is InChI=1S/C29H56O/c1-8-12-16-25-20-27(19-24(15-11-4)28(25)30)29(6,7)26-17-22(13-9-2)21(5)23(18-26)14-10-3/h21-28,30H,8-20H2,1-7H3. The SMILES string of the molecule is CCCCC1CC(C(C)(C)C2CC(CCC)C(C)C(CCC)C2)CC(CCC)C1O. The maximum absolute atomic E-state index is 11.1. The van der Waals surface area contributed by atoms with Crippen LogP contribution in [0.4, 0.5) is 0 Å². The summed E-state index contributed by atoms with van der Waals surface area (Å²) in [7, 11) is 0. The van der Waals surface area contributed by atoms with E-state index in [1.807, 2.05) is 0 Å². The van der Waals surface area contributed by atoms with Crippen LogP contribution in [0.15, 0.2) is 0 Å². The number of unbranched alkanes of at least 4 members (excludes halogenated alkanes) is 1. The van der Waals surface area contributed by atoms with Gasteiger partial charge in [0.15, 0.2) is 0 Å². The monoisotopic (exact) mass is 420 g/mol. The van der Waals surface area contributed by atoms with Crippen molar-refractivity contribution in [3.8, 4) is 0 Å². The van der Waals surface area contributed by atoms with Gasteiger partial charge in [-0.1, -0.05) is 93.4 Å². The predicted molar refractivity (Wildman–Crippen MR) is 133 cm³/mol. The predicted octanol–water partition coefficient (Wildman–Crippen LogP) is 8.88. The summed E-state index contributed by atoms with van der Waals surface area (Å²) in [4.78, 5) is 0. The Balaban J connectivity index is 2.20. The van der Waals surface area contributed by atoms with Gasteiger partial charge in [0.05, 0.1) is 6.10 Å². The molecule has 1 nitrogen and oxygen atoms in total. The summed E-state index contributed by atoms with van der Waals surface area (Å²) in [5, 5.41) is 11.1. The molecule has 0 radical (unpaired) electrons. The van der Waals surface area contributed by atoms with E-state index in [1.54, 1.807) is 0 Å². The van der Waals surface area contributed by atoms with Gasteiger partial charge in [-0.2, -0.15) is 0 Å². The van der Waals surface area contributed by atoms with Gasteiger partial charge in [0.2, 0.25) is 0 Å². The Morgan fingerprint density at radius 3 is 1.47 bits per heavy atom. The summed E-state index contributed by atoms with van der Waals surface area (Å²) in [5.74, 6) is 5.52. The van der Waals surface area contributed by atoms with Crippen LogP contribution in [0.2, 0.25) is 0 Å². The van der Waals surface area contributed by atoms with Crippen molar-refractivity contribution in [3.63, 3.8) is 0 Å². The molecule has 0 aromatic carbocycles. The Morgan fingerprint density at radius 1 is 0.633 bits per heavy atom. The number of rotatable bonds is 11. The summed E-state index contributed by atoms with van der Waals surface area (Å²) in [6, 6.07) is 0. The second-order valence-electron chi connectivity index (χ2n) is 12.1. The van der Waals surface area contributed by atoms with E-state index in [-0.39, 0.29) is 6.10 Å². The molecular formula is C29H56O. The highest BCUT2D eigenvalue weighted by atomic mass is 16.3. The van der Waals surface area contributed by atoms with Crippen LogP contribution in [0.25, 0.3) is 0 Å². The van der Waals surface area contributed by atoms with Crippen LogP contribution < -0.4 is 0 Å². The van der Waals surface area contributed by atoms with Crippen LogP contribution in [0.1, 0.15) is 132 Å². The lowest BCUT2D eigenvalue weighted by Gasteiger charge is -2.53. The molecule has 6 atom stereocenters. The minimum atomic E-state index is -0.0457. The van der Waals surface area contributed by atoms with E-state index in [0.717, 1.165) is 29.6 Å². The first-order valence-electron chi connectivity index (χ1n) is 14.0. The molecule has 2 rings (SSSR count). The van der Waals surface area contributed by atoms with Crippen molar-refractivity contribution in [1.82, 2.24) is 0 Å². The van der Waals surface area contributed by atoms with E-state index in [0.29, 0.717) is 17.3 Å². The maximum atomic E-state index is 11.1. The molecule has 178 valence electrons. The van der Waals surface area contributed by atoms with Gasteiger partial charge >= 0.3 is 0 Å². The lowest BCUT2D eigenvalue weighted by atomic mass is 9.53. The average Bonchev–Trinajstić information content (AvgIpc) is 2.71. The Hall–Kier alpha value is -0.0400. The topological polar surface area (TPSA) is 20.2 Å². The normalized spacial score (nSPS) is 38.0. The van der Waals surface area contributed by atoms with Crippen molar-refractivity contribution in [2.75, 3.05) is 0 Å². The Bertz CT molecular complexity index is 453. The zero-order valence-electron chi connectivity index (χ0n) is 21.8. The van der Waals surface area contributed by atoms with Crippen molar-refractivity contribution in [1.29, 1.82) is 0 Å². The minimum absolute atomic E-state index is 0.0457. The molecule has 0 saturated heterocycles. The van der Waals surface area contributed by atoms with Gasteiger partial charge in [-0.15, -0.1) is 0 Å². The van der Waals surface area contributed by atoms with Crippen molar-refractivity contribution in [3.05, 3.63) is 0 Å². The molecule has 0 spiro atoms. The molecule has 0 heterocycles. The highest BCUT2D eigenvalue weighted by Gasteiger charge is 2.47. The number of hydrogen-bond acceptors (Lipinski definition) is 1. The largest absolute Gasteiger partial charge is 0.393 e. The second-order valence-corrected chi connectivity index (χ2v) is 12.1. The van der Waals surface area contributed by atoms with Gasteiger partial charge < -0.3 is 5.11 Å². The van der Waals surface area contributed by atoms with Gasteiger partial charge in [0.1, 0.15) is 0 Å². The average molecular weight is 421 g/mol. The fourth-order valence-corrected chi connectivity index (χ4v) is 7.60. The van der Waals surface area contributed by atoms with Gasteiger partial charge in [-0.25, -0.2) is 0 Å². The van der Waals surface area contributed by atoms with E-state index in [9.17, 15) is 5.11 Å². The second kappa shape index (κ2) is 12.3. The Kier molecular flexibility index (Phi) is 10.7. The lowest BCUT2D eigenvalue weighted by molar-refractivity contribution is -0.0681. The van der Waals surface area contributed by atoms with Crippen molar-refractivity contribution in [2.24, 2.45) is 46.8 Å². The van der Waals surface area contributed by atoms with Crippen LogP contribution in [0, 0.1) is 46.8 Å². The molecule has 0 aromatic heterocycles. The fourth-order valence-electron chi connectivity index (χ4n) is 7.60. The molecule has 0 aromatic rings. The van der Waals surface area contributed by atoms with Crippen LogP contribution in [0.5, 0.6) is 0 Å². The third-order valence-corrected chi connectivity index (χ3v) is 9.81. The van der Waals surface area contributed by atoms with E-state index < -0.39 is 0 Å². The zero-order valence-corrected chi connectivity index (χ0v) is 21.8. The van der Waals surface area contributed by atoms with Crippen molar-refractivity contribution >= 4 is 0 Å². The maximum Gasteiger partial charge on any atom is 0.0596 e. The molecule has 2 aliphatic rings. The van der Waals surface area contributed by atoms with E-state index in [2.05, 4.69) is 48.5 Å². The number of aliphatic hydroxyl groups is 1. The molecular weight excluding hydrogens is 364 g/mol. The van der Waals surface area contributed by atoms with E-state index >= 15 is 0 Å². The lowest BCUT2D eigenvalue weighted by Crippen LogP contribution is -2.46. The smallest absolute Gasteiger partial charge is 0.0596 e. The quantitative estimate of drug-likeness (QED) is 0.354. The molecule has 1 heteroatoms. The van der Waals surface area contributed by atoms with Gasteiger partial charge in [-0.3, -0.25) is 0 Å². The van der Waals surface area contributed by atoms with Crippen molar-refractivity contribution < 1.29 is 5.11 Å². The molecule has 2 fully saturated rings. The molecule has 0 amide bonds. The van der Waals surface area contributed by atoms with Gasteiger partial charge in [0, 0.05) is 0 Å². The van der Waals surface area contributed by atoms with Crippen LogP contribution >= 0.6 is 0 Å². The molecule has 6 unspecified atom stereocenters. The summed E-state index contributed by atoms with van der Waals surface area (Å²) in [6.07, 6.45) is 17.2. The first-order valence-corrected chi connectivity index (χ1v) is 14.0. The van der Waals surface area contributed by atoms with E-state index in [1.165, 1.54) is 83.5 Å². The zero-order chi connectivity index (χ0) is 22.3.